The number of hydrogen-bond acceptors (Lipinski definition) is 5. The Balaban J connectivity index is 1.67. The molecule has 2 heterocycles. The van der Waals surface area contributed by atoms with Gasteiger partial charge in [0.25, 0.3) is 0 Å². The van der Waals surface area contributed by atoms with Crippen LogP contribution in [0.4, 0.5) is 16.3 Å². The molecule has 0 saturated heterocycles. The Hall–Kier alpha value is -2.94. The first-order valence-corrected chi connectivity index (χ1v) is 7.86. The lowest BCUT2D eigenvalue weighted by Gasteiger charge is -2.07. The first-order valence-electron chi connectivity index (χ1n) is 7.86. The molecule has 0 radical (unpaired) electrons. The summed E-state index contributed by atoms with van der Waals surface area (Å²) < 4.78 is 6.63. The number of pyridine rings is 1. The molecule has 0 spiro atoms. The molecule has 9 nitrogen and oxygen atoms in total. The Bertz CT molecular complexity index is 715. The Kier molecular flexibility index (Phi) is 6.90. The number of methoxy groups -OCH3 is 1. The molecule has 25 heavy (non-hydrogen) atoms. The van der Waals surface area contributed by atoms with E-state index < -0.39 is 6.03 Å². The van der Waals surface area contributed by atoms with Crippen LogP contribution in [0, 0.1) is 6.92 Å². The van der Waals surface area contributed by atoms with Crippen LogP contribution in [0.1, 0.15) is 12.1 Å². The van der Waals surface area contributed by atoms with Gasteiger partial charge in [0, 0.05) is 32.0 Å². The minimum atomic E-state index is -0.396. The highest BCUT2D eigenvalue weighted by molar-refractivity contribution is 5.91. The lowest BCUT2D eigenvalue weighted by Crippen LogP contribution is -2.31. The van der Waals surface area contributed by atoms with Crippen molar-refractivity contribution in [2.45, 2.75) is 19.9 Å². The average molecular weight is 346 g/mol. The van der Waals surface area contributed by atoms with Crippen LogP contribution < -0.4 is 16.0 Å². The number of rotatable bonds is 8. The summed E-state index contributed by atoms with van der Waals surface area (Å²) in [5.41, 5.74) is 1.39. The van der Waals surface area contributed by atoms with Crippen molar-refractivity contribution in [3.05, 3.63) is 36.3 Å². The highest BCUT2D eigenvalue weighted by Gasteiger charge is 2.07. The van der Waals surface area contributed by atoms with Gasteiger partial charge in [0.2, 0.25) is 5.91 Å². The number of aryl methyl sites for hydroxylation is 1. The third-order valence-corrected chi connectivity index (χ3v) is 3.21. The maximum Gasteiger partial charge on any atom is 0.319 e. The Morgan fingerprint density at radius 2 is 2.12 bits per heavy atom. The van der Waals surface area contributed by atoms with E-state index in [1.807, 2.05) is 19.1 Å². The molecule has 3 N–H and O–H groups in total. The normalized spacial score (nSPS) is 10.3. The molecule has 134 valence electrons. The number of hydrogen-bond donors (Lipinski definition) is 3. The van der Waals surface area contributed by atoms with Crippen molar-refractivity contribution >= 4 is 23.4 Å². The molecule has 0 unspecified atom stereocenters. The predicted octanol–water partition coefficient (Wildman–Crippen LogP) is 1.38. The van der Waals surface area contributed by atoms with Crippen molar-refractivity contribution in [1.82, 2.24) is 20.1 Å². The van der Waals surface area contributed by atoms with Gasteiger partial charge in [-0.05, 0) is 19.1 Å². The van der Waals surface area contributed by atoms with Gasteiger partial charge in [0.1, 0.15) is 5.82 Å². The zero-order chi connectivity index (χ0) is 18.1. The molecular formula is C16H22N6O3. The maximum atomic E-state index is 11.8. The van der Waals surface area contributed by atoms with Gasteiger partial charge in [-0.1, -0.05) is 6.07 Å². The summed E-state index contributed by atoms with van der Waals surface area (Å²) in [5, 5.41) is 12.0. The van der Waals surface area contributed by atoms with Crippen LogP contribution in [0.2, 0.25) is 0 Å². The van der Waals surface area contributed by atoms with Gasteiger partial charge in [0.15, 0.2) is 0 Å². The van der Waals surface area contributed by atoms with E-state index in [4.69, 9.17) is 4.74 Å². The summed E-state index contributed by atoms with van der Waals surface area (Å²) in [5.74, 6) is 0.281. The molecular weight excluding hydrogens is 324 g/mol. The van der Waals surface area contributed by atoms with Gasteiger partial charge in [-0.3, -0.25) is 9.48 Å². The van der Waals surface area contributed by atoms with Crippen molar-refractivity contribution in [3.63, 3.8) is 0 Å². The molecule has 2 aromatic rings. The number of carbonyl (C=O) groups is 2. The number of carbonyl (C=O) groups excluding carboxylic acids is 2. The van der Waals surface area contributed by atoms with Gasteiger partial charge in [-0.2, -0.15) is 5.10 Å². The fraction of sp³-hybridized carbons (Fsp3) is 0.375. The summed E-state index contributed by atoms with van der Waals surface area (Å²) in [4.78, 5) is 27.8. The van der Waals surface area contributed by atoms with Gasteiger partial charge in [-0.25, -0.2) is 9.78 Å². The van der Waals surface area contributed by atoms with Crippen LogP contribution in [-0.2, 0) is 16.1 Å². The largest absolute Gasteiger partial charge is 0.383 e. The zero-order valence-corrected chi connectivity index (χ0v) is 14.3. The number of urea groups is 1. The molecule has 3 amide bonds. The van der Waals surface area contributed by atoms with Crippen molar-refractivity contribution < 1.29 is 14.3 Å². The first kappa shape index (κ1) is 18.4. The maximum absolute atomic E-state index is 11.8. The van der Waals surface area contributed by atoms with Crippen LogP contribution in [0.3, 0.4) is 0 Å². The topological polar surface area (TPSA) is 110 Å². The van der Waals surface area contributed by atoms with Crippen molar-refractivity contribution in [3.8, 4) is 0 Å². The summed E-state index contributed by atoms with van der Waals surface area (Å²) in [6.07, 6.45) is 3.40. The van der Waals surface area contributed by atoms with Gasteiger partial charge in [0.05, 0.1) is 25.0 Å². The number of amides is 3. The fourth-order valence-corrected chi connectivity index (χ4v) is 2.02. The fourth-order valence-electron chi connectivity index (χ4n) is 2.02. The van der Waals surface area contributed by atoms with Crippen LogP contribution in [0.15, 0.2) is 30.6 Å². The summed E-state index contributed by atoms with van der Waals surface area (Å²) >= 11 is 0. The van der Waals surface area contributed by atoms with Crippen molar-refractivity contribution in [1.29, 1.82) is 0 Å². The number of ether oxygens (including phenoxy) is 1. The molecule has 0 aliphatic rings. The third kappa shape index (κ3) is 6.60. The Morgan fingerprint density at radius 3 is 2.88 bits per heavy atom. The number of aromatic nitrogens is 3. The standard InChI is InChI=1S/C16H22N6O3/c1-12-4-3-5-14(19-12)21-15(23)6-7-17-16(24)20-13-10-18-22(11-13)8-9-25-2/h3-5,10-11H,6-9H2,1-2H3,(H2,17,20,24)(H,19,21,23). The molecule has 2 rings (SSSR count). The lowest BCUT2D eigenvalue weighted by atomic mass is 10.3. The van der Waals surface area contributed by atoms with Gasteiger partial charge < -0.3 is 20.7 Å². The minimum absolute atomic E-state index is 0.149. The number of nitrogens with zero attached hydrogens (tertiary/aromatic N) is 3. The van der Waals surface area contributed by atoms with Gasteiger partial charge in [-0.15, -0.1) is 0 Å². The summed E-state index contributed by atoms with van der Waals surface area (Å²) in [6.45, 7) is 3.20. The average Bonchev–Trinajstić information content (AvgIpc) is 3.00. The highest BCUT2D eigenvalue weighted by Crippen LogP contribution is 2.05. The quantitative estimate of drug-likeness (QED) is 0.669. The van der Waals surface area contributed by atoms with Crippen molar-refractivity contribution in [2.75, 3.05) is 30.9 Å². The molecule has 0 aliphatic heterocycles. The summed E-state index contributed by atoms with van der Waals surface area (Å²) in [6, 6.07) is 4.98. The molecule has 2 aromatic heterocycles. The molecule has 0 fully saturated rings. The second-order valence-electron chi connectivity index (χ2n) is 5.33. The molecule has 0 aliphatic carbocycles. The van der Waals surface area contributed by atoms with Crippen molar-refractivity contribution in [2.24, 2.45) is 0 Å². The smallest absolute Gasteiger partial charge is 0.319 e. The molecule has 0 atom stereocenters. The monoisotopic (exact) mass is 346 g/mol. The zero-order valence-electron chi connectivity index (χ0n) is 14.3. The second kappa shape index (κ2) is 9.38. The predicted molar refractivity (Wildman–Crippen MR) is 93.3 cm³/mol. The summed E-state index contributed by atoms with van der Waals surface area (Å²) in [7, 11) is 1.61. The van der Waals surface area contributed by atoms with E-state index >= 15 is 0 Å². The first-order chi connectivity index (χ1) is 12.1. The molecule has 9 heteroatoms. The van der Waals surface area contributed by atoms with Gasteiger partial charge >= 0.3 is 6.03 Å². The SMILES string of the molecule is COCCn1cc(NC(=O)NCCC(=O)Nc2cccc(C)n2)cn1. The van der Waals surface area contributed by atoms with E-state index in [2.05, 4.69) is 26.0 Å². The van der Waals surface area contributed by atoms with E-state index in [0.717, 1.165) is 5.69 Å². The Labute approximate surface area is 145 Å². The highest BCUT2D eigenvalue weighted by atomic mass is 16.5. The molecule has 0 aromatic carbocycles. The number of nitrogens with one attached hydrogen (secondary N) is 3. The Morgan fingerprint density at radius 1 is 1.28 bits per heavy atom. The van der Waals surface area contributed by atoms with E-state index in [1.165, 1.54) is 0 Å². The molecule has 0 bridgehead atoms. The van der Waals surface area contributed by atoms with E-state index in [-0.39, 0.29) is 18.9 Å². The van der Waals surface area contributed by atoms with Crippen LogP contribution in [0.5, 0.6) is 0 Å². The molecule has 0 saturated carbocycles. The van der Waals surface area contributed by atoms with E-state index in [9.17, 15) is 9.59 Å². The second-order valence-corrected chi connectivity index (χ2v) is 5.33. The number of anilines is 2. The van der Waals surface area contributed by atoms with Crippen LogP contribution in [-0.4, -0.2) is 47.0 Å². The lowest BCUT2D eigenvalue weighted by molar-refractivity contribution is -0.116. The van der Waals surface area contributed by atoms with Crippen LogP contribution in [0.25, 0.3) is 0 Å². The minimum Gasteiger partial charge on any atom is -0.383 e. The third-order valence-electron chi connectivity index (χ3n) is 3.21. The van der Waals surface area contributed by atoms with Crippen LogP contribution >= 0.6 is 0 Å². The van der Waals surface area contributed by atoms with E-state index in [0.29, 0.717) is 24.7 Å². The van der Waals surface area contributed by atoms with E-state index in [1.54, 1.807) is 30.3 Å².